The second kappa shape index (κ2) is 6.13. The molecule has 1 aromatic carbocycles. The van der Waals surface area contributed by atoms with Crippen LogP contribution in [0.4, 0.5) is 5.69 Å². The first-order valence-corrected chi connectivity index (χ1v) is 8.56. The fourth-order valence-electron chi connectivity index (χ4n) is 2.48. The topological polar surface area (TPSA) is 101 Å². The summed E-state index contributed by atoms with van der Waals surface area (Å²) in [5.74, 6) is -0.206. The molecule has 1 aromatic rings. The van der Waals surface area contributed by atoms with Gasteiger partial charge in [0.2, 0.25) is 15.9 Å². The number of anilines is 1. The van der Waals surface area contributed by atoms with E-state index in [2.05, 4.69) is 10.0 Å². The van der Waals surface area contributed by atoms with Crippen LogP contribution in [-0.4, -0.2) is 26.4 Å². The van der Waals surface area contributed by atoms with Crippen molar-refractivity contribution in [2.45, 2.75) is 43.0 Å². The predicted octanol–water partition coefficient (Wildman–Crippen LogP) is 1.19. The molecular weight excluding hydrogens is 290 g/mol. The Morgan fingerprint density at radius 1 is 1.24 bits per heavy atom. The first-order chi connectivity index (χ1) is 9.87. The molecule has 7 heteroatoms. The summed E-state index contributed by atoms with van der Waals surface area (Å²) in [5.41, 5.74) is 5.82. The molecule has 4 N–H and O–H groups in total. The fraction of sp³-hybridized carbons (Fsp3) is 0.500. The number of benzene rings is 1. The third-order valence-corrected chi connectivity index (χ3v) is 5.27. The van der Waals surface area contributed by atoms with Gasteiger partial charge in [-0.05, 0) is 37.1 Å². The molecule has 21 heavy (non-hydrogen) atoms. The fourth-order valence-corrected chi connectivity index (χ4v) is 3.52. The largest absolute Gasteiger partial charge is 0.324 e. The summed E-state index contributed by atoms with van der Waals surface area (Å²) in [4.78, 5) is 12.3. The van der Waals surface area contributed by atoms with Gasteiger partial charge in [-0.2, -0.15) is 0 Å². The average molecular weight is 311 g/mol. The second-order valence-corrected chi connectivity index (χ2v) is 7.11. The highest BCUT2D eigenvalue weighted by Gasteiger charge is 2.36. The van der Waals surface area contributed by atoms with E-state index in [-0.39, 0.29) is 10.8 Å². The van der Waals surface area contributed by atoms with Crippen molar-refractivity contribution in [3.05, 3.63) is 24.3 Å². The Morgan fingerprint density at radius 3 is 2.33 bits per heavy atom. The summed E-state index contributed by atoms with van der Waals surface area (Å²) in [7, 11) is -3.47. The summed E-state index contributed by atoms with van der Waals surface area (Å²) in [6, 6.07) is 6.07. The monoisotopic (exact) mass is 311 g/mol. The highest BCUT2D eigenvalue weighted by Crippen LogP contribution is 2.28. The van der Waals surface area contributed by atoms with E-state index in [0.29, 0.717) is 25.1 Å². The van der Waals surface area contributed by atoms with Gasteiger partial charge < -0.3 is 11.1 Å². The average Bonchev–Trinajstić information content (AvgIpc) is 2.88. The molecule has 0 saturated heterocycles. The first-order valence-electron chi connectivity index (χ1n) is 7.07. The molecule has 0 unspecified atom stereocenters. The molecule has 0 bridgehead atoms. The third kappa shape index (κ3) is 3.61. The van der Waals surface area contributed by atoms with Crippen LogP contribution >= 0.6 is 0 Å². The SMILES string of the molecule is CCNS(=O)(=O)c1ccc(NC(=O)C2(N)CCCC2)cc1. The third-order valence-electron chi connectivity index (χ3n) is 3.70. The van der Waals surface area contributed by atoms with Crippen LogP contribution in [0.3, 0.4) is 0 Å². The Morgan fingerprint density at radius 2 is 1.81 bits per heavy atom. The van der Waals surface area contributed by atoms with Gasteiger partial charge in [0.1, 0.15) is 0 Å². The van der Waals surface area contributed by atoms with Crippen LogP contribution in [0.25, 0.3) is 0 Å². The predicted molar refractivity (Wildman–Crippen MR) is 81.3 cm³/mol. The Labute approximate surface area is 125 Å². The van der Waals surface area contributed by atoms with Crippen LogP contribution in [0.5, 0.6) is 0 Å². The molecule has 0 atom stereocenters. The smallest absolute Gasteiger partial charge is 0.244 e. The lowest BCUT2D eigenvalue weighted by Crippen LogP contribution is -2.48. The molecule has 1 fully saturated rings. The quantitative estimate of drug-likeness (QED) is 0.760. The van der Waals surface area contributed by atoms with E-state index >= 15 is 0 Å². The van der Waals surface area contributed by atoms with Gasteiger partial charge in [0.05, 0.1) is 10.4 Å². The van der Waals surface area contributed by atoms with Crippen LogP contribution in [0.1, 0.15) is 32.6 Å². The maximum Gasteiger partial charge on any atom is 0.244 e. The zero-order valence-corrected chi connectivity index (χ0v) is 12.9. The minimum atomic E-state index is -3.47. The minimum absolute atomic E-state index is 0.172. The van der Waals surface area contributed by atoms with Crippen molar-refractivity contribution in [2.75, 3.05) is 11.9 Å². The lowest BCUT2D eigenvalue weighted by atomic mass is 9.98. The van der Waals surface area contributed by atoms with Crippen molar-refractivity contribution in [1.29, 1.82) is 0 Å². The number of hydrogen-bond acceptors (Lipinski definition) is 4. The lowest BCUT2D eigenvalue weighted by molar-refractivity contribution is -0.121. The lowest BCUT2D eigenvalue weighted by Gasteiger charge is -2.22. The summed E-state index contributed by atoms with van der Waals surface area (Å²) in [6.45, 7) is 2.05. The molecule has 0 radical (unpaired) electrons. The molecule has 0 heterocycles. The Hall–Kier alpha value is -1.44. The second-order valence-electron chi connectivity index (χ2n) is 5.34. The summed E-state index contributed by atoms with van der Waals surface area (Å²) < 4.78 is 26.0. The van der Waals surface area contributed by atoms with Gasteiger partial charge in [0.25, 0.3) is 0 Å². The molecular formula is C14H21N3O3S. The molecule has 1 aliphatic rings. The van der Waals surface area contributed by atoms with E-state index < -0.39 is 15.6 Å². The normalized spacial score (nSPS) is 17.6. The molecule has 116 valence electrons. The number of rotatable bonds is 5. The number of sulfonamides is 1. The number of hydrogen-bond donors (Lipinski definition) is 3. The maximum absolute atomic E-state index is 12.2. The van der Waals surface area contributed by atoms with Gasteiger partial charge in [-0.3, -0.25) is 4.79 Å². The Bertz CT molecular complexity index is 605. The molecule has 1 aliphatic carbocycles. The van der Waals surface area contributed by atoms with Gasteiger partial charge >= 0.3 is 0 Å². The molecule has 0 spiro atoms. The van der Waals surface area contributed by atoms with Crippen LogP contribution < -0.4 is 15.8 Å². The maximum atomic E-state index is 12.2. The highest BCUT2D eigenvalue weighted by atomic mass is 32.2. The van der Waals surface area contributed by atoms with Gasteiger partial charge in [-0.1, -0.05) is 19.8 Å². The minimum Gasteiger partial charge on any atom is -0.324 e. The van der Waals surface area contributed by atoms with E-state index in [1.807, 2.05) is 0 Å². The van der Waals surface area contributed by atoms with Gasteiger partial charge in [0, 0.05) is 12.2 Å². The van der Waals surface area contributed by atoms with E-state index in [1.165, 1.54) is 12.1 Å². The summed E-state index contributed by atoms with van der Waals surface area (Å²) >= 11 is 0. The molecule has 6 nitrogen and oxygen atoms in total. The first kappa shape index (κ1) is 15.9. The standard InChI is InChI=1S/C14H21N3O3S/c1-2-16-21(19,20)12-7-5-11(6-8-12)17-13(18)14(15)9-3-4-10-14/h5-8,16H,2-4,9-10,15H2,1H3,(H,17,18). The number of nitrogens with one attached hydrogen (secondary N) is 2. The van der Waals surface area contributed by atoms with Gasteiger partial charge in [0.15, 0.2) is 0 Å². The van der Waals surface area contributed by atoms with Crippen LogP contribution in [-0.2, 0) is 14.8 Å². The van der Waals surface area contributed by atoms with Crippen LogP contribution in [0, 0.1) is 0 Å². The number of amides is 1. The van der Waals surface area contributed by atoms with Crippen molar-refractivity contribution < 1.29 is 13.2 Å². The summed E-state index contributed by atoms with van der Waals surface area (Å²) in [6.07, 6.45) is 3.30. The highest BCUT2D eigenvalue weighted by molar-refractivity contribution is 7.89. The van der Waals surface area contributed by atoms with Crippen LogP contribution in [0.15, 0.2) is 29.2 Å². The molecule has 1 saturated carbocycles. The number of nitrogens with two attached hydrogens (primary N) is 1. The van der Waals surface area contributed by atoms with Crippen molar-refractivity contribution in [2.24, 2.45) is 5.73 Å². The Kier molecular flexibility index (Phi) is 4.65. The molecule has 0 aromatic heterocycles. The Balaban J connectivity index is 2.08. The van der Waals surface area contributed by atoms with E-state index in [1.54, 1.807) is 19.1 Å². The van der Waals surface area contributed by atoms with Crippen molar-refractivity contribution in [1.82, 2.24) is 4.72 Å². The number of carbonyl (C=O) groups is 1. The van der Waals surface area contributed by atoms with Crippen LogP contribution in [0.2, 0.25) is 0 Å². The van der Waals surface area contributed by atoms with E-state index in [0.717, 1.165) is 12.8 Å². The van der Waals surface area contributed by atoms with Crippen molar-refractivity contribution in [3.8, 4) is 0 Å². The summed E-state index contributed by atoms with van der Waals surface area (Å²) in [5, 5.41) is 2.76. The molecule has 0 aliphatic heterocycles. The van der Waals surface area contributed by atoms with E-state index in [9.17, 15) is 13.2 Å². The number of carbonyl (C=O) groups excluding carboxylic acids is 1. The molecule has 1 amide bonds. The van der Waals surface area contributed by atoms with Crippen molar-refractivity contribution in [3.63, 3.8) is 0 Å². The van der Waals surface area contributed by atoms with Gasteiger partial charge in [-0.15, -0.1) is 0 Å². The molecule has 2 rings (SSSR count). The van der Waals surface area contributed by atoms with Gasteiger partial charge in [-0.25, -0.2) is 13.1 Å². The zero-order chi connectivity index (χ0) is 15.5. The zero-order valence-electron chi connectivity index (χ0n) is 12.1. The van der Waals surface area contributed by atoms with Crippen molar-refractivity contribution >= 4 is 21.6 Å². The van der Waals surface area contributed by atoms with E-state index in [4.69, 9.17) is 5.73 Å².